The van der Waals surface area contributed by atoms with Gasteiger partial charge in [0.15, 0.2) is 6.61 Å². The number of rotatable bonds is 9. The van der Waals surface area contributed by atoms with Crippen LogP contribution in [-0.2, 0) is 17.9 Å². The SMILES string of the molecule is CC(C)Cn1c(Cn2cccn2)nc2cc(NC(=O)COc3ccc([N+](=O)[O-])cc3)ccc21. The summed E-state index contributed by atoms with van der Waals surface area (Å²) in [6.45, 7) is 5.47. The molecule has 0 spiro atoms. The molecule has 1 amide bonds. The smallest absolute Gasteiger partial charge is 0.269 e. The second-order valence-electron chi connectivity index (χ2n) is 8.03. The quantitative estimate of drug-likeness (QED) is 0.307. The number of non-ortho nitro benzene ring substituents is 1. The average Bonchev–Trinajstić information content (AvgIpc) is 3.40. The van der Waals surface area contributed by atoms with Crippen LogP contribution in [0.3, 0.4) is 0 Å². The number of benzene rings is 2. The number of hydrogen-bond donors (Lipinski definition) is 1. The molecule has 10 nitrogen and oxygen atoms in total. The number of fused-ring (bicyclic) bond motifs is 1. The number of carbonyl (C=O) groups is 1. The molecule has 4 aromatic rings. The number of aromatic nitrogens is 4. The van der Waals surface area contributed by atoms with Gasteiger partial charge in [0.1, 0.15) is 11.6 Å². The molecule has 2 aromatic heterocycles. The van der Waals surface area contributed by atoms with Crippen LogP contribution in [0.25, 0.3) is 11.0 Å². The number of anilines is 1. The number of carbonyl (C=O) groups excluding carboxylic acids is 1. The number of amides is 1. The molecule has 2 heterocycles. The van der Waals surface area contributed by atoms with E-state index in [1.807, 2.05) is 35.1 Å². The molecule has 0 aliphatic heterocycles. The maximum atomic E-state index is 12.3. The van der Waals surface area contributed by atoms with Crippen LogP contribution >= 0.6 is 0 Å². The van der Waals surface area contributed by atoms with Gasteiger partial charge < -0.3 is 14.6 Å². The molecule has 0 bridgehead atoms. The first-order valence-corrected chi connectivity index (χ1v) is 10.5. The fourth-order valence-electron chi connectivity index (χ4n) is 3.50. The molecule has 4 rings (SSSR count). The summed E-state index contributed by atoms with van der Waals surface area (Å²) in [5, 5.41) is 17.8. The van der Waals surface area contributed by atoms with Crippen LogP contribution in [0.5, 0.6) is 5.75 Å². The summed E-state index contributed by atoms with van der Waals surface area (Å²) in [4.78, 5) is 27.4. The third kappa shape index (κ3) is 5.35. The van der Waals surface area contributed by atoms with Gasteiger partial charge in [-0.2, -0.15) is 5.10 Å². The molecule has 0 aliphatic carbocycles. The van der Waals surface area contributed by atoms with Gasteiger partial charge in [-0.15, -0.1) is 0 Å². The summed E-state index contributed by atoms with van der Waals surface area (Å²) in [6.07, 6.45) is 3.64. The van der Waals surface area contributed by atoms with Crippen LogP contribution in [0.15, 0.2) is 60.9 Å². The predicted octanol–water partition coefficient (Wildman–Crippen LogP) is 3.86. The summed E-state index contributed by atoms with van der Waals surface area (Å²) in [6, 6.07) is 13.1. The van der Waals surface area contributed by atoms with Crippen molar-refractivity contribution < 1.29 is 14.5 Å². The normalized spacial score (nSPS) is 11.1. The molecule has 0 saturated heterocycles. The van der Waals surface area contributed by atoms with Crippen LogP contribution in [0.4, 0.5) is 11.4 Å². The molecule has 0 radical (unpaired) electrons. The van der Waals surface area contributed by atoms with E-state index in [1.54, 1.807) is 6.20 Å². The number of nitro groups is 1. The lowest BCUT2D eigenvalue weighted by molar-refractivity contribution is -0.384. The Morgan fingerprint density at radius 2 is 2.00 bits per heavy atom. The second-order valence-corrected chi connectivity index (χ2v) is 8.03. The van der Waals surface area contributed by atoms with Gasteiger partial charge in [-0.25, -0.2) is 4.98 Å². The molecule has 33 heavy (non-hydrogen) atoms. The van der Waals surface area contributed by atoms with Crippen LogP contribution in [0.2, 0.25) is 0 Å². The fraction of sp³-hybridized carbons (Fsp3) is 0.261. The van der Waals surface area contributed by atoms with Gasteiger partial charge in [-0.3, -0.25) is 19.6 Å². The number of hydrogen-bond acceptors (Lipinski definition) is 6. The minimum atomic E-state index is -0.490. The van der Waals surface area contributed by atoms with E-state index < -0.39 is 4.92 Å². The largest absolute Gasteiger partial charge is 0.484 e. The highest BCUT2D eigenvalue weighted by Crippen LogP contribution is 2.23. The minimum Gasteiger partial charge on any atom is -0.484 e. The lowest BCUT2D eigenvalue weighted by Gasteiger charge is -2.12. The summed E-state index contributed by atoms with van der Waals surface area (Å²) in [5.41, 5.74) is 2.35. The first kappa shape index (κ1) is 22.0. The Bertz CT molecular complexity index is 1260. The van der Waals surface area contributed by atoms with Crippen molar-refractivity contribution in [3.8, 4) is 5.75 Å². The van der Waals surface area contributed by atoms with Crippen LogP contribution in [-0.4, -0.2) is 36.8 Å². The maximum Gasteiger partial charge on any atom is 0.269 e. The molecule has 1 N–H and O–H groups in total. The fourth-order valence-corrected chi connectivity index (χ4v) is 3.50. The molecule has 0 fully saturated rings. The van der Waals surface area contributed by atoms with E-state index in [0.717, 1.165) is 23.4 Å². The lowest BCUT2D eigenvalue weighted by atomic mass is 10.2. The molecule has 2 aromatic carbocycles. The highest BCUT2D eigenvalue weighted by atomic mass is 16.6. The molecular formula is C23H24N6O4. The summed E-state index contributed by atoms with van der Waals surface area (Å²) < 4.78 is 9.44. The van der Waals surface area contributed by atoms with E-state index in [0.29, 0.717) is 23.9 Å². The van der Waals surface area contributed by atoms with Gasteiger partial charge in [0.05, 0.1) is 22.5 Å². The molecule has 170 valence electrons. The van der Waals surface area contributed by atoms with E-state index in [2.05, 4.69) is 28.8 Å². The van der Waals surface area contributed by atoms with E-state index in [9.17, 15) is 14.9 Å². The zero-order valence-corrected chi connectivity index (χ0v) is 18.3. The topological polar surface area (TPSA) is 117 Å². The van der Waals surface area contributed by atoms with Crippen LogP contribution in [0.1, 0.15) is 19.7 Å². The van der Waals surface area contributed by atoms with E-state index in [-0.39, 0.29) is 18.2 Å². The molecule has 0 aliphatic rings. The summed E-state index contributed by atoms with van der Waals surface area (Å²) >= 11 is 0. The molecular weight excluding hydrogens is 424 g/mol. The Kier molecular flexibility index (Phi) is 6.34. The van der Waals surface area contributed by atoms with Crippen molar-refractivity contribution in [2.45, 2.75) is 26.9 Å². The number of nitro benzene ring substituents is 1. The Morgan fingerprint density at radius 3 is 2.67 bits per heavy atom. The number of ether oxygens (including phenoxy) is 1. The van der Waals surface area contributed by atoms with Gasteiger partial charge in [0.2, 0.25) is 0 Å². The monoisotopic (exact) mass is 448 g/mol. The number of nitrogens with one attached hydrogen (secondary N) is 1. The number of nitrogens with zero attached hydrogens (tertiary/aromatic N) is 5. The summed E-state index contributed by atoms with van der Waals surface area (Å²) in [5.74, 6) is 1.37. The van der Waals surface area contributed by atoms with Gasteiger partial charge in [0, 0.05) is 36.8 Å². The van der Waals surface area contributed by atoms with Crippen molar-refractivity contribution in [2.75, 3.05) is 11.9 Å². The first-order valence-electron chi connectivity index (χ1n) is 10.5. The van der Waals surface area contributed by atoms with Gasteiger partial charge >= 0.3 is 0 Å². The lowest BCUT2D eigenvalue weighted by Crippen LogP contribution is -2.20. The minimum absolute atomic E-state index is 0.0380. The highest BCUT2D eigenvalue weighted by Gasteiger charge is 2.14. The zero-order chi connectivity index (χ0) is 23.4. The Labute approximate surface area is 190 Å². The van der Waals surface area contributed by atoms with Gasteiger partial charge in [-0.1, -0.05) is 13.8 Å². The van der Waals surface area contributed by atoms with E-state index in [1.165, 1.54) is 24.3 Å². The third-order valence-corrected chi connectivity index (χ3v) is 4.94. The molecule has 0 saturated carbocycles. The van der Waals surface area contributed by atoms with E-state index in [4.69, 9.17) is 9.72 Å². The van der Waals surface area contributed by atoms with Crippen molar-refractivity contribution in [3.05, 3.63) is 76.9 Å². The number of imidazole rings is 1. The Balaban J connectivity index is 1.46. The standard InChI is InChI=1S/C23H24N6O4/c1-16(2)13-28-21-9-4-17(12-20(21)26-22(28)14-27-11-3-10-24-27)25-23(30)15-33-19-7-5-18(6-8-19)29(31)32/h3-12,16H,13-15H2,1-2H3,(H,25,30). The Hall–Kier alpha value is -4.21. The summed E-state index contributed by atoms with van der Waals surface area (Å²) in [7, 11) is 0. The Morgan fingerprint density at radius 1 is 1.21 bits per heavy atom. The van der Waals surface area contributed by atoms with Gasteiger partial charge in [0.25, 0.3) is 11.6 Å². The van der Waals surface area contributed by atoms with Crippen molar-refractivity contribution in [3.63, 3.8) is 0 Å². The van der Waals surface area contributed by atoms with Crippen LogP contribution < -0.4 is 10.1 Å². The maximum absolute atomic E-state index is 12.3. The third-order valence-electron chi connectivity index (χ3n) is 4.94. The van der Waals surface area contributed by atoms with Crippen molar-refractivity contribution in [1.29, 1.82) is 0 Å². The van der Waals surface area contributed by atoms with Crippen molar-refractivity contribution in [1.82, 2.24) is 19.3 Å². The van der Waals surface area contributed by atoms with Crippen molar-refractivity contribution >= 4 is 28.3 Å². The molecule has 10 heteroatoms. The first-order chi connectivity index (χ1) is 15.9. The molecule has 0 unspecified atom stereocenters. The second kappa shape index (κ2) is 9.51. The van der Waals surface area contributed by atoms with Crippen LogP contribution in [0, 0.1) is 16.0 Å². The highest BCUT2D eigenvalue weighted by molar-refractivity contribution is 5.94. The zero-order valence-electron chi connectivity index (χ0n) is 18.3. The van der Waals surface area contributed by atoms with Crippen molar-refractivity contribution in [2.24, 2.45) is 5.92 Å². The molecule has 0 atom stereocenters. The van der Waals surface area contributed by atoms with Gasteiger partial charge in [-0.05, 0) is 42.3 Å². The van der Waals surface area contributed by atoms with E-state index >= 15 is 0 Å². The predicted molar refractivity (Wildman–Crippen MR) is 123 cm³/mol. The average molecular weight is 448 g/mol.